The molecule has 0 atom stereocenters. The Balaban J connectivity index is 2.61. The van der Waals surface area contributed by atoms with E-state index in [1.807, 2.05) is 45.0 Å². The molecule has 0 fully saturated rings. The van der Waals surface area contributed by atoms with E-state index in [0.29, 0.717) is 5.02 Å². The topological polar surface area (TPSA) is 34.1 Å². The predicted molar refractivity (Wildman–Crippen MR) is 76.7 cm³/mol. The molecule has 0 radical (unpaired) electrons. The van der Waals surface area contributed by atoms with Crippen molar-refractivity contribution < 1.29 is 4.74 Å². The Kier molecular flexibility index (Phi) is 3.92. The van der Waals surface area contributed by atoms with Crippen molar-refractivity contribution in [1.29, 1.82) is 0 Å². The van der Waals surface area contributed by atoms with Crippen molar-refractivity contribution in [3.63, 3.8) is 0 Å². The molecule has 0 unspecified atom stereocenters. The van der Waals surface area contributed by atoms with Crippen molar-refractivity contribution in [2.45, 2.75) is 26.9 Å². The first-order valence-corrected chi connectivity index (χ1v) is 6.49. The van der Waals surface area contributed by atoms with Crippen molar-refractivity contribution in [2.24, 2.45) is 0 Å². The quantitative estimate of drug-likeness (QED) is 0.902. The summed E-state index contributed by atoms with van der Waals surface area (Å²) in [6.07, 6.45) is 0.115. The van der Waals surface area contributed by atoms with Crippen molar-refractivity contribution in [3.05, 3.63) is 29.3 Å². The van der Waals surface area contributed by atoms with E-state index in [2.05, 4.69) is 10.3 Å². The summed E-state index contributed by atoms with van der Waals surface area (Å²) in [5.41, 5.74) is 0.772. The maximum absolute atomic E-state index is 6.19. The van der Waals surface area contributed by atoms with Gasteiger partial charge in [0.15, 0.2) is 0 Å². The van der Waals surface area contributed by atoms with Crippen molar-refractivity contribution in [3.8, 4) is 5.75 Å². The van der Waals surface area contributed by atoms with Gasteiger partial charge >= 0.3 is 0 Å². The number of para-hydroxylation sites is 1. The zero-order chi connectivity index (χ0) is 13.1. The van der Waals surface area contributed by atoms with Gasteiger partial charge in [0.25, 0.3) is 0 Å². The van der Waals surface area contributed by atoms with E-state index in [9.17, 15) is 0 Å². The monoisotopic (exact) mass is 264 g/mol. The summed E-state index contributed by atoms with van der Waals surface area (Å²) in [7, 11) is 0. The van der Waals surface area contributed by atoms with Crippen LogP contribution >= 0.6 is 11.6 Å². The molecule has 2 rings (SSSR count). The van der Waals surface area contributed by atoms with Crippen molar-refractivity contribution >= 4 is 28.3 Å². The molecule has 3 nitrogen and oxygen atoms in total. The van der Waals surface area contributed by atoms with Gasteiger partial charge in [0.1, 0.15) is 11.6 Å². The summed E-state index contributed by atoms with van der Waals surface area (Å²) in [4.78, 5) is 4.51. The molecule has 1 aromatic heterocycles. The van der Waals surface area contributed by atoms with Gasteiger partial charge in [0.2, 0.25) is 0 Å². The van der Waals surface area contributed by atoms with Gasteiger partial charge in [-0.05, 0) is 32.9 Å². The van der Waals surface area contributed by atoms with Gasteiger partial charge in [-0.1, -0.05) is 17.7 Å². The second-order valence-electron chi connectivity index (χ2n) is 4.34. The third-order valence-corrected chi connectivity index (χ3v) is 2.78. The standard InChI is InChI=1S/C14H17ClN2O/c1-4-16-13-8-12(18-9(2)3)10-6-5-7-11(15)14(10)17-13/h5-9H,4H2,1-3H3,(H,16,17). The number of nitrogens with one attached hydrogen (secondary N) is 1. The predicted octanol–water partition coefficient (Wildman–Crippen LogP) is 4.11. The Hall–Kier alpha value is -1.48. The summed E-state index contributed by atoms with van der Waals surface area (Å²) in [6, 6.07) is 7.64. The number of ether oxygens (including phenoxy) is 1. The number of anilines is 1. The summed E-state index contributed by atoms with van der Waals surface area (Å²) in [5.74, 6) is 1.60. The molecule has 96 valence electrons. The fourth-order valence-electron chi connectivity index (χ4n) is 1.81. The first-order valence-electron chi connectivity index (χ1n) is 6.11. The Bertz CT molecular complexity index is 555. The number of halogens is 1. The summed E-state index contributed by atoms with van der Waals surface area (Å²) >= 11 is 6.19. The molecule has 0 aliphatic carbocycles. The minimum atomic E-state index is 0.115. The molecule has 0 amide bonds. The van der Waals surface area contributed by atoms with Crippen LogP contribution in [0, 0.1) is 0 Å². The second-order valence-corrected chi connectivity index (χ2v) is 4.75. The SMILES string of the molecule is CCNc1cc(OC(C)C)c2cccc(Cl)c2n1. The lowest BCUT2D eigenvalue weighted by Crippen LogP contribution is -2.07. The normalized spacial score (nSPS) is 10.9. The number of aromatic nitrogens is 1. The third-order valence-electron chi connectivity index (χ3n) is 2.47. The first kappa shape index (κ1) is 13.0. The zero-order valence-corrected chi connectivity index (χ0v) is 11.6. The van der Waals surface area contributed by atoms with E-state index in [0.717, 1.165) is 29.0 Å². The van der Waals surface area contributed by atoms with E-state index in [4.69, 9.17) is 16.3 Å². The average Bonchev–Trinajstić information content (AvgIpc) is 2.30. The number of hydrogen-bond donors (Lipinski definition) is 1. The Morgan fingerprint density at radius 3 is 2.83 bits per heavy atom. The van der Waals surface area contributed by atoms with Gasteiger partial charge < -0.3 is 10.1 Å². The highest BCUT2D eigenvalue weighted by Gasteiger charge is 2.10. The van der Waals surface area contributed by atoms with Gasteiger partial charge in [-0.15, -0.1) is 0 Å². The van der Waals surface area contributed by atoms with Crippen LogP contribution in [0.15, 0.2) is 24.3 Å². The van der Waals surface area contributed by atoms with Gasteiger partial charge in [0.05, 0.1) is 16.6 Å². The van der Waals surface area contributed by atoms with Gasteiger partial charge in [0, 0.05) is 18.0 Å². The van der Waals surface area contributed by atoms with Crippen LogP contribution in [0.2, 0.25) is 5.02 Å². The number of hydrogen-bond acceptors (Lipinski definition) is 3. The molecule has 1 aromatic carbocycles. The van der Waals surface area contributed by atoms with E-state index in [1.54, 1.807) is 0 Å². The number of benzene rings is 1. The van der Waals surface area contributed by atoms with Crippen LogP contribution in [0.25, 0.3) is 10.9 Å². The van der Waals surface area contributed by atoms with Crippen molar-refractivity contribution in [2.75, 3.05) is 11.9 Å². The molecule has 0 aliphatic rings. The number of fused-ring (bicyclic) bond motifs is 1. The van der Waals surface area contributed by atoms with Crippen LogP contribution in [-0.2, 0) is 0 Å². The fraction of sp³-hybridized carbons (Fsp3) is 0.357. The summed E-state index contributed by atoms with van der Waals surface area (Å²) < 4.78 is 5.83. The average molecular weight is 265 g/mol. The number of pyridine rings is 1. The smallest absolute Gasteiger partial charge is 0.132 e. The van der Waals surface area contributed by atoms with Crippen LogP contribution in [0.3, 0.4) is 0 Å². The van der Waals surface area contributed by atoms with Crippen LogP contribution in [0.4, 0.5) is 5.82 Å². The van der Waals surface area contributed by atoms with Gasteiger partial charge in [-0.3, -0.25) is 0 Å². The molecule has 1 heterocycles. The Labute approximate surface area is 112 Å². The van der Waals surface area contributed by atoms with Crippen molar-refractivity contribution in [1.82, 2.24) is 4.98 Å². The summed E-state index contributed by atoms with van der Waals surface area (Å²) in [6.45, 7) is 6.85. The lowest BCUT2D eigenvalue weighted by atomic mass is 10.2. The minimum Gasteiger partial charge on any atom is -0.490 e. The van der Waals surface area contributed by atoms with E-state index < -0.39 is 0 Å². The van der Waals surface area contributed by atoms with Gasteiger partial charge in [-0.25, -0.2) is 4.98 Å². The van der Waals surface area contributed by atoms with Crippen LogP contribution in [-0.4, -0.2) is 17.6 Å². The van der Waals surface area contributed by atoms with Crippen LogP contribution in [0.1, 0.15) is 20.8 Å². The molecule has 1 N–H and O–H groups in total. The Morgan fingerprint density at radius 1 is 1.39 bits per heavy atom. The van der Waals surface area contributed by atoms with E-state index in [-0.39, 0.29) is 6.10 Å². The second kappa shape index (κ2) is 5.44. The lowest BCUT2D eigenvalue weighted by Gasteiger charge is -2.14. The van der Waals surface area contributed by atoms with E-state index in [1.165, 1.54) is 0 Å². The molecule has 0 saturated heterocycles. The molecule has 2 aromatic rings. The maximum Gasteiger partial charge on any atom is 0.132 e. The number of rotatable bonds is 4. The molecule has 0 saturated carbocycles. The molecule has 18 heavy (non-hydrogen) atoms. The lowest BCUT2D eigenvalue weighted by molar-refractivity contribution is 0.245. The van der Waals surface area contributed by atoms with Crippen LogP contribution in [0.5, 0.6) is 5.75 Å². The Morgan fingerprint density at radius 2 is 2.17 bits per heavy atom. The molecule has 0 bridgehead atoms. The summed E-state index contributed by atoms with van der Waals surface area (Å²) in [5, 5.41) is 4.77. The molecule has 0 aliphatic heterocycles. The van der Waals surface area contributed by atoms with Crippen LogP contribution < -0.4 is 10.1 Å². The molecule has 0 spiro atoms. The maximum atomic E-state index is 6.19. The largest absolute Gasteiger partial charge is 0.490 e. The molecule has 4 heteroatoms. The van der Waals surface area contributed by atoms with E-state index >= 15 is 0 Å². The van der Waals surface area contributed by atoms with Gasteiger partial charge in [-0.2, -0.15) is 0 Å². The zero-order valence-electron chi connectivity index (χ0n) is 10.8. The molecular weight excluding hydrogens is 248 g/mol. The number of nitrogens with zero attached hydrogens (tertiary/aromatic N) is 1. The third kappa shape index (κ3) is 2.67. The first-order chi connectivity index (χ1) is 8.61. The highest BCUT2D eigenvalue weighted by Crippen LogP contribution is 2.32. The highest BCUT2D eigenvalue weighted by atomic mass is 35.5. The fourth-order valence-corrected chi connectivity index (χ4v) is 2.02. The minimum absolute atomic E-state index is 0.115. The molecular formula is C14H17ClN2O. The highest BCUT2D eigenvalue weighted by molar-refractivity contribution is 6.35.